The van der Waals surface area contributed by atoms with Crippen molar-refractivity contribution in [3.8, 4) is 0 Å². The minimum Gasteiger partial charge on any atom is -0.271 e. The summed E-state index contributed by atoms with van der Waals surface area (Å²) in [4.78, 5) is 12.6. The van der Waals surface area contributed by atoms with Crippen molar-refractivity contribution in [2.75, 3.05) is 10.8 Å². The topological polar surface area (TPSA) is 78.8 Å². The molecule has 6 nitrogen and oxygen atoms in total. The highest BCUT2D eigenvalue weighted by Crippen LogP contribution is 2.26. The van der Waals surface area contributed by atoms with Crippen molar-refractivity contribution in [3.05, 3.63) is 92.9 Å². The Bertz CT molecular complexity index is 1270. The van der Waals surface area contributed by atoms with Crippen molar-refractivity contribution in [2.24, 2.45) is 5.10 Å². The first-order valence-electron chi connectivity index (χ1n) is 9.30. The average Bonchev–Trinajstić information content (AvgIpc) is 2.76. The third-order valence-electron chi connectivity index (χ3n) is 4.38. The molecule has 0 unspecified atom stereocenters. The van der Waals surface area contributed by atoms with Crippen LogP contribution < -0.4 is 9.73 Å². The maximum atomic E-state index is 13.3. The average molecular weight is 555 g/mol. The van der Waals surface area contributed by atoms with E-state index in [1.807, 2.05) is 24.3 Å². The number of hydrogen-bond donors (Lipinski definition) is 1. The summed E-state index contributed by atoms with van der Waals surface area (Å²) in [6.07, 6.45) is 0. The van der Waals surface area contributed by atoms with Crippen molar-refractivity contribution in [3.63, 3.8) is 0 Å². The lowest BCUT2D eigenvalue weighted by Gasteiger charge is -2.24. The first-order valence-corrected chi connectivity index (χ1v) is 12.3. The molecule has 0 bridgehead atoms. The molecule has 0 aliphatic heterocycles. The van der Waals surface area contributed by atoms with Crippen LogP contribution in [0.4, 0.5) is 5.69 Å². The second-order valence-corrected chi connectivity index (χ2v) is 10.3. The van der Waals surface area contributed by atoms with Gasteiger partial charge in [-0.15, -0.1) is 0 Å². The summed E-state index contributed by atoms with van der Waals surface area (Å²) < 4.78 is 28.5. The third-order valence-corrected chi connectivity index (χ3v) is 7.14. The van der Waals surface area contributed by atoms with Crippen LogP contribution in [-0.4, -0.2) is 26.6 Å². The van der Waals surface area contributed by atoms with Crippen molar-refractivity contribution < 1.29 is 13.2 Å². The molecule has 0 saturated heterocycles. The molecule has 3 aromatic carbocycles. The summed E-state index contributed by atoms with van der Waals surface area (Å²) in [6.45, 7) is 1.24. The fraction of sp³-hybridized carbons (Fsp3) is 0.0909. The van der Waals surface area contributed by atoms with Gasteiger partial charge < -0.3 is 0 Å². The Labute approximate surface area is 205 Å². The molecule has 0 radical (unpaired) electrons. The molecule has 1 N–H and O–H groups in total. The Hall–Kier alpha value is -2.39. The molecule has 1 amide bonds. The van der Waals surface area contributed by atoms with Crippen LogP contribution in [0.1, 0.15) is 12.5 Å². The van der Waals surface area contributed by atoms with Crippen LogP contribution in [0.3, 0.4) is 0 Å². The first-order chi connectivity index (χ1) is 15.2. The highest BCUT2D eigenvalue weighted by molar-refractivity contribution is 9.10. The van der Waals surface area contributed by atoms with Gasteiger partial charge in [-0.05, 0) is 67.1 Å². The number of anilines is 1. The number of rotatable bonds is 7. The van der Waals surface area contributed by atoms with Gasteiger partial charge in [0.15, 0.2) is 0 Å². The first kappa shape index (κ1) is 24.3. The molecular formula is C22H18BrCl2N3O3S. The lowest BCUT2D eigenvalue weighted by molar-refractivity contribution is -0.119. The predicted octanol–water partition coefficient (Wildman–Crippen LogP) is 5.49. The molecule has 0 heterocycles. The van der Waals surface area contributed by atoms with Crippen molar-refractivity contribution in [2.45, 2.75) is 11.8 Å². The molecule has 0 atom stereocenters. The quantitative estimate of drug-likeness (QED) is 0.310. The summed E-state index contributed by atoms with van der Waals surface area (Å²) in [5.41, 5.74) is 4.04. The van der Waals surface area contributed by atoms with Crippen LogP contribution in [0, 0.1) is 0 Å². The van der Waals surface area contributed by atoms with E-state index in [1.165, 1.54) is 30.3 Å². The molecular weight excluding hydrogens is 537 g/mol. The van der Waals surface area contributed by atoms with Crippen LogP contribution in [0.2, 0.25) is 10.0 Å². The molecule has 10 heteroatoms. The minimum atomic E-state index is -4.08. The van der Waals surface area contributed by atoms with E-state index in [4.69, 9.17) is 23.2 Å². The summed E-state index contributed by atoms with van der Waals surface area (Å²) in [5.74, 6) is -0.614. The van der Waals surface area contributed by atoms with Crippen LogP contribution in [0.15, 0.2) is 87.3 Å². The number of hydrazone groups is 1. The summed E-state index contributed by atoms with van der Waals surface area (Å²) in [7, 11) is -4.08. The Morgan fingerprint density at radius 2 is 1.69 bits per heavy atom. The van der Waals surface area contributed by atoms with Crippen LogP contribution >= 0.6 is 39.1 Å². The molecule has 0 spiro atoms. The number of nitrogens with one attached hydrogen (secondary N) is 1. The smallest absolute Gasteiger partial charge is 0.264 e. The number of sulfonamides is 1. The Balaban J connectivity index is 1.88. The highest BCUT2D eigenvalue weighted by Gasteiger charge is 2.27. The van der Waals surface area contributed by atoms with Gasteiger partial charge >= 0.3 is 0 Å². The fourth-order valence-corrected chi connectivity index (χ4v) is 4.89. The number of carbonyl (C=O) groups is 1. The van der Waals surface area contributed by atoms with Gasteiger partial charge in [0.1, 0.15) is 6.54 Å². The van der Waals surface area contributed by atoms with Crippen molar-refractivity contribution >= 4 is 66.5 Å². The second kappa shape index (κ2) is 10.5. The minimum absolute atomic E-state index is 0.0107. The molecule has 0 aliphatic rings. The number of amides is 1. The SMILES string of the molecule is C/C(=N/NC(=O)CN(c1cccc(Cl)c1)S(=O)(=O)c1ccc(Cl)cc1)c1cccc(Br)c1. The maximum absolute atomic E-state index is 13.3. The third kappa shape index (κ3) is 6.10. The fourth-order valence-electron chi connectivity index (χ4n) is 2.77. The predicted molar refractivity (Wildman–Crippen MR) is 132 cm³/mol. The molecule has 32 heavy (non-hydrogen) atoms. The zero-order valence-electron chi connectivity index (χ0n) is 16.8. The van der Waals surface area contributed by atoms with Gasteiger partial charge in [-0.1, -0.05) is 57.3 Å². The normalized spacial score (nSPS) is 11.8. The van der Waals surface area contributed by atoms with E-state index in [0.717, 1.165) is 14.3 Å². The number of hydrogen-bond acceptors (Lipinski definition) is 4. The zero-order valence-corrected chi connectivity index (χ0v) is 20.7. The zero-order chi connectivity index (χ0) is 23.3. The van der Waals surface area contributed by atoms with E-state index in [-0.39, 0.29) is 10.6 Å². The molecule has 0 fully saturated rings. The lowest BCUT2D eigenvalue weighted by Crippen LogP contribution is -2.39. The Morgan fingerprint density at radius 1 is 1.00 bits per heavy atom. The van der Waals surface area contributed by atoms with Gasteiger partial charge in [-0.3, -0.25) is 9.10 Å². The summed E-state index contributed by atoms with van der Waals surface area (Å²) in [5, 5.41) is 4.83. The molecule has 166 valence electrons. The van der Waals surface area contributed by atoms with Crippen LogP contribution in [-0.2, 0) is 14.8 Å². The highest BCUT2D eigenvalue weighted by atomic mass is 79.9. The largest absolute Gasteiger partial charge is 0.271 e. The molecule has 0 aliphatic carbocycles. The second-order valence-electron chi connectivity index (χ2n) is 6.69. The van der Waals surface area contributed by atoms with Gasteiger partial charge in [0.2, 0.25) is 0 Å². The number of benzene rings is 3. The van der Waals surface area contributed by atoms with E-state index < -0.39 is 22.5 Å². The van der Waals surface area contributed by atoms with Gasteiger partial charge in [0.05, 0.1) is 16.3 Å². The number of carbonyl (C=O) groups excluding carboxylic acids is 1. The van der Waals surface area contributed by atoms with E-state index >= 15 is 0 Å². The van der Waals surface area contributed by atoms with E-state index in [9.17, 15) is 13.2 Å². The van der Waals surface area contributed by atoms with Crippen molar-refractivity contribution in [1.82, 2.24) is 5.43 Å². The molecule has 3 rings (SSSR count). The standard InChI is InChI=1S/C22H18BrCl2N3O3S/c1-15(16-4-2-5-17(23)12-16)26-27-22(29)14-28(20-7-3-6-19(25)13-20)32(30,31)21-10-8-18(24)9-11-21/h2-13H,14H2,1H3,(H,27,29)/b26-15-. The van der Waals surface area contributed by atoms with Gasteiger partial charge in [-0.25, -0.2) is 13.8 Å². The summed E-state index contributed by atoms with van der Waals surface area (Å²) >= 11 is 15.3. The van der Waals surface area contributed by atoms with E-state index in [0.29, 0.717) is 15.8 Å². The van der Waals surface area contributed by atoms with Crippen LogP contribution in [0.5, 0.6) is 0 Å². The molecule has 0 aromatic heterocycles. The maximum Gasteiger partial charge on any atom is 0.264 e. The molecule has 0 saturated carbocycles. The number of halogens is 3. The Kier molecular flexibility index (Phi) is 7.95. The van der Waals surface area contributed by atoms with Gasteiger partial charge in [-0.2, -0.15) is 5.10 Å². The molecule has 3 aromatic rings. The van der Waals surface area contributed by atoms with E-state index in [1.54, 1.807) is 25.1 Å². The van der Waals surface area contributed by atoms with Crippen LogP contribution in [0.25, 0.3) is 0 Å². The summed E-state index contributed by atoms with van der Waals surface area (Å²) in [6, 6.07) is 19.4. The lowest BCUT2D eigenvalue weighted by atomic mass is 10.1. The Morgan fingerprint density at radius 3 is 2.34 bits per heavy atom. The van der Waals surface area contributed by atoms with E-state index in [2.05, 4.69) is 26.5 Å². The number of nitrogens with zero attached hydrogens (tertiary/aromatic N) is 2. The van der Waals surface area contributed by atoms with Gasteiger partial charge in [0.25, 0.3) is 15.9 Å². The monoisotopic (exact) mass is 553 g/mol. The van der Waals surface area contributed by atoms with Crippen molar-refractivity contribution in [1.29, 1.82) is 0 Å². The van der Waals surface area contributed by atoms with Gasteiger partial charge in [0, 0.05) is 14.5 Å².